The molecule has 0 spiro atoms. The van der Waals surface area contributed by atoms with E-state index >= 15 is 0 Å². The van der Waals surface area contributed by atoms with E-state index in [1.807, 2.05) is 0 Å². The van der Waals surface area contributed by atoms with Crippen LogP contribution in [0.1, 0.15) is 29.6 Å². The van der Waals surface area contributed by atoms with Crippen molar-refractivity contribution in [1.82, 2.24) is 5.32 Å². The van der Waals surface area contributed by atoms with Crippen LogP contribution in [0, 0.1) is 5.92 Å². The average molecular weight is 264 g/mol. The summed E-state index contributed by atoms with van der Waals surface area (Å²) in [6.07, 6.45) is 2.91. The van der Waals surface area contributed by atoms with E-state index < -0.39 is 0 Å². The number of methoxy groups -OCH3 is 1. The van der Waals surface area contributed by atoms with Gasteiger partial charge in [0.15, 0.2) is 0 Å². The van der Waals surface area contributed by atoms with E-state index in [1.54, 1.807) is 18.2 Å². The SMILES string of the molecule is COc1cc(N)ccc1C(=O)NC1CCCC1CO. The normalized spacial score (nSPS) is 22.2. The van der Waals surface area contributed by atoms with Gasteiger partial charge < -0.3 is 20.9 Å². The predicted octanol–water partition coefficient (Wildman–Crippen LogP) is 1.17. The Balaban J connectivity index is 2.11. The number of hydrogen-bond acceptors (Lipinski definition) is 4. The molecule has 5 nitrogen and oxygen atoms in total. The summed E-state index contributed by atoms with van der Waals surface area (Å²) in [7, 11) is 1.51. The standard InChI is InChI=1S/C14H20N2O3/c1-19-13-7-10(15)5-6-11(13)14(18)16-12-4-2-3-9(12)8-17/h5-7,9,12,17H,2-4,8,15H2,1H3,(H,16,18). The van der Waals surface area contributed by atoms with Gasteiger partial charge in [-0.05, 0) is 25.0 Å². The largest absolute Gasteiger partial charge is 0.496 e. The zero-order valence-corrected chi connectivity index (χ0v) is 11.1. The van der Waals surface area contributed by atoms with Gasteiger partial charge in [-0.25, -0.2) is 0 Å². The van der Waals surface area contributed by atoms with Crippen molar-refractivity contribution in [1.29, 1.82) is 0 Å². The summed E-state index contributed by atoms with van der Waals surface area (Å²) >= 11 is 0. The van der Waals surface area contributed by atoms with Crippen LogP contribution >= 0.6 is 0 Å². The Hall–Kier alpha value is -1.75. The van der Waals surface area contributed by atoms with Gasteiger partial charge in [-0.1, -0.05) is 6.42 Å². The maximum atomic E-state index is 12.2. The van der Waals surface area contributed by atoms with Crippen molar-refractivity contribution in [3.63, 3.8) is 0 Å². The molecule has 2 atom stereocenters. The number of hydrogen-bond donors (Lipinski definition) is 3. The van der Waals surface area contributed by atoms with Crippen molar-refractivity contribution in [2.75, 3.05) is 19.5 Å². The fraction of sp³-hybridized carbons (Fsp3) is 0.500. The first-order chi connectivity index (χ1) is 9.15. The van der Waals surface area contributed by atoms with Gasteiger partial charge in [0, 0.05) is 30.3 Å². The second kappa shape index (κ2) is 5.93. The fourth-order valence-electron chi connectivity index (χ4n) is 2.59. The second-order valence-electron chi connectivity index (χ2n) is 4.91. The highest BCUT2D eigenvalue weighted by atomic mass is 16.5. The summed E-state index contributed by atoms with van der Waals surface area (Å²) in [5, 5.41) is 12.2. The van der Waals surface area contributed by atoms with E-state index in [-0.39, 0.29) is 24.5 Å². The van der Waals surface area contributed by atoms with Crippen LogP contribution in [0.25, 0.3) is 0 Å². The molecule has 0 saturated heterocycles. The topological polar surface area (TPSA) is 84.6 Å². The van der Waals surface area contributed by atoms with Crippen LogP contribution in [0.3, 0.4) is 0 Å². The smallest absolute Gasteiger partial charge is 0.255 e. The van der Waals surface area contributed by atoms with Gasteiger partial charge in [0.1, 0.15) is 5.75 Å². The molecule has 2 rings (SSSR count). The maximum absolute atomic E-state index is 12.2. The predicted molar refractivity (Wildman–Crippen MR) is 73.1 cm³/mol. The molecule has 1 amide bonds. The maximum Gasteiger partial charge on any atom is 0.255 e. The monoisotopic (exact) mass is 264 g/mol. The van der Waals surface area contributed by atoms with Gasteiger partial charge in [-0.15, -0.1) is 0 Å². The van der Waals surface area contributed by atoms with E-state index in [4.69, 9.17) is 10.5 Å². The number of nitrogen functional groups attached to an aromatic ring is 1. The Labute approximate surface area is 112 Å². The molecule has 5 heteroatoms. The number of amides is 1. The third-order valence-corrected chi connectivity index (χ3v) is 3.68. The van der Waals surface area contributed by atoms with Crippen molar-refractivity contribution in [3.8, 4) is 5.75 Å². The zero-order valence-electron chi connectivity index (χ0n) is 11.1. The lowest BCUT2D eigenvalue weighted by Gasteiger charge is -2.19. The number of benzene rings is 1. The van der Waals surface area contributed by atoms with Gasteiger partial charge in [-0.3, -0.25) is 4.79 Å². The second-order valence-corrected chi connectivity index (χ2v) is 4.91. The summed E-state index contributed by atoms with van der Waals surface area (Å²) < 4.78 is 5.17. The van der Waals surface area contributed by atoms with Gasteiger partial charge >= 0.3 is 0 Å². The van der Waals surface area contributed by atoms with E-state index in [0.717, 1.165) is 19.3 Å². The molecule has 1 saturated carbocycles. The lowest BCUT2D eigenvalue weighted by molar-refractivity contribution is 0.0913. The number of ether oxygens (including phenoxy) is 1. The average Bonchev–Trinajstić information content (AvgIpc) is 2.85. The Morgan fingerprint density at radius 2 is 2.32 bits per heavy atom. The van der Waals surface area contributed by atoms with Crippen molar-refractivity contribution in [2.45, 2.75) is 25.3 Å². The molecule has 0 heterocycles. The molecule has 1 aliphatic carbocycles. The van der Waals surface area contributed by atoms with E-state index in [1.165, 1.54) is 7.11 Å². The number of carbonyl (C=O) groups is 1. The van der Waals surface area contributed by atoms with Gasteiger partial charge in [-0.2, -0.15) is 0 Å². The molecular formula is C14H20N2O3. The van der Waals surface area contributed by atoms with Crippen LogP contribution < -0.4 is 15.8 Å². The lowest BCUT2D eigenvalue weighted by Crippen LogP contribution is -2.38. The van der Waals surface area contributed by atoms with Crippen LogP contribution in [-0.2, 0) is 0 Å². The van der Waals surface area contributed by atoms with Gasteiger partial charge in [0.25, 0.3) is 5.91 Å². The van der Waals surface area contributed by atoms with Crippen LogP contribution in [0.4, 0.5) is 5.69 Å². The first kappa shape index (κ1) is 13.7. The van der Waals surface area contributed by atoms with Crippen LogP contribution in [0.15, 0.2) is 18.2 Å². The Kier molecular flexibility index (Phi) is 4.27. The third-order valence-electron chi connectivity index (χ3n) is 3.68. The number of rotatable bonds is 4. The number of carbonyl (C=O) groups excluding carboxylic acids is 1. The molecular weight excluding hydrogens is 244 g/mol. The summed E-state index contributed by atoms with van der Waals surface area (Å²) in [5.41, 5.74) is 6.70. The molecule has 104 valence electrons. The highest BCUT2D eigenvalue weighted by Crippen LogP contribution is 2.27. The Morgan fingerprint density at radius 1 is 1.53 bits per heavy atom. The Bertz CT molecular complexity index is 462. The number of aliphatic hydroxyl groups excluding tert-OH is 1. The molecule has 0 bridgehead atoms. The quantitative estimate of drug-likeness (QED) is 0.713. The minimum Gasteiger partial charge on any atom is -0.496 e. The van der Waals surface area contributed by atoms with Crippen molar-refractivity contribution in [2.24, 2.45) is 5.92 Å². The minimum absolute atomic E-state index is 0.0414. The van der Waals surface area contributed by atoms with E-state index in [9.17, 15) is 9.90 Å². The van der Waals surface area contributed by atoms with Crippen LogP contribution in [0.2, 0.25) is 0 Å². The molecule has 0 aromatic heterocycles. The first-order valence-corrected chi connectivity index (χ1v) is 6.51. The molecule has 1 fully saturated rings. The lowest BCUT2D eigenvalue weighted by atomic mass is 10.0. The highest BCUT2D eigenvalue weighted by Gasteiger charge is 2.28. The number of aliphatic hydroxyl groups is 1. The van der Waals surface area contributed by atoms with Crippen molar-refractivity contribution in [3.05, 3.63) is 23.8 Å². The molecule has 1 aromatic rings. The number of nitrogens with two attached hydrogens (primary N) is 1. The summed E-state index contributed by atoms with van der Waals surface area (Å²) in [6, 6.07) is 5.01. The van der Waals surface area contributed by atoms with Crippen molar-refractivity contribution < 1.29 is 14.6 Å². The molecule has 1 aromatic carbocycles. The molecule has 0 aliphatic heterocycles. The zero-order chi connectivity index (χ0) is 13.8. The summed E-state index contributed by atoms with van der Waals surface area (Å²) in [4.78, 5) is 12.2. The van der Waals surface area contributed by atoms with Crippen molar-refractivity contribution >= 4 is 11.6 Å². The van der Waals surface area contributed by atoms with Gasteiger partial charge in [0.2, 0.25) is 0 Å². The van der Waals surface area contributed by atoms with Crippen LogP contribution in [0.5, 0.6) is 5.75 Å². The molecule has 2 unspecified atom stereocenters. The van der Waals surface area contributed by atoms with E-state index in [0.29, 0.717) is 17.0 Å². The minimum atomic E-state index is -0.179. The fourth-order valence-corrected chi connectivity index (χ4v) is 2.59. The van der Waals surface area contributed by atoms with Crippen LogP contribution in [-0.4, -0.2) is 30.8 Å². The first-order valence-electron chi connectivity index (χ1n) is 6.51. The molecule has 4 N–H and O–H groups in total. The summed E-state index contributed by atoms with van der Waals surface area (Å²) in [6.45, 7) is 0.115. The molecule has 0 radical (unpaired) electrons. The Morgan fingerprint density at radius 3 is 3.00 bits per heavy atom. The summed E-state index contributed by atoms with van der Waals surface area (Å²) in [5.74, 6) is 0.446. The van der Waals surface area contributed by atoms with Gasteiger partial charge in [0.05, 0.1) is 12.7 Å². The number of anilines is 1. The number of nitrogens with one attached hydrogen (secondary N) is 1. The molecule has 1 aliphatic rings. The third kappa shape index (κ3) is 2.98. The highest BCUT2D eigenvalue weighted by molar-refractivity contribution is 5.97. The van der Waals surface area contributed by atoms with E-state index in [2.05, 4.69) is 5.32 Å². The molecule has 19 heavy (non-hydrogen) atoms.